The van der Waals surface area contributed by atoms with Gasteiger partial charge < -0.3 is 10.4 Å². The van der Waals surface area contributed by atoms with Crippen LogP contribution in [0.4, 0.5) is 5.69 Å². The van der Waals surface area contributed by atoms with Gasteiger partial charge in [-0.3, -0.25) is 9.69 Å². The Morgan fingerprint density at radius 3 is 2.67 bits per heavy atom. The van der Waals surface area contributed by atoms with Gasteiger partial charge in [-0.25, -0.2) is 0 Å². The molecule has 0 spiro atoms. The molecule has 0 bridgehead atoms. The van der Waals surface area contributed by atoms with Crippen LogP contribution in [0.1, 0.15) is 0 Å². The molecule has 4 nitrogen and oxygen atoms in total. The Kier molecular flexibility index (Phi) is 2.99. The number of hydrogen-bond acceptors (Lipinski definition) is 3. The lowest BCUT2D eigenvalue weighted by molar-refractivity contribution is -0.119. The summed E-state index contributed by atoms with van der Waals surface area (Å²) in [5.74, 6) is -0.0342. The lowest BCUT2D eigenvalue weighted by Crippen LogP contribution is -2.53. The summed E-state index contributed by atoms with van der Waals surface area (Å²) in [5, 5.41) is 11.8. The summed E-state index contributed by atoms with van der Waals surface area (Å²) in [6.07, 6.45) is -0.255. The fourth-order valence-corrected chi connectivity index (χ4v) is 1.60. The molecule has 80 valence electrons. The lowest BCUT2D eigenvalue weighted by atomic mass is 10.2. The van der Waals surface area contributed by atoms with Gasteiger partial charge in [-0.2, -0.15) is 0 Å². The SMILES string of the molecule is O=C(CN1CC(O)C1)Nc1ccccc1. The Bertz CT molecular complexity index is 334. The van der Waals surface area contributed by atoms with Crippen LogP contribution in [0.3, 0.4) is 0 Å². The number of amides is 1. The summed E-state index contributed by atoms with van der Waals surface area (Å²) in [6, 6.07) is 9.36. The zero-order chi connectivity index (χ0) is 10.7. The van der Waals surface area contributed by atoms with Gasteiger partial charge in [0.15, 0.2) is 0 Å². The summed E-state index contributed by atoms with van der Waals surface area (Å²) in [4.78, 5) is 13.4. The van der Waals surface area contributed by atoms with Crippen molar-refractivity contribution in [2.45, 2.75) is 6.10 Å². The first-order chi connectivity index (χ1) is 7.24. The molecule has 1 fully saturated rings. The molecule has 1 aliphatic heterocycles. The fourth-order valence-electron chi connectivity index (χ4n) is 1.60. The van der Waals surface area contributed by atoms with Crippen molar-refractivity contribution in [2.24, 2.45) is 0 Å². The van der Waals surface area contributed by atoms with Crippen LogP contribution in [0, 0.1) is 0 Å². The molecule has 0 atom stereocenters. The number of nitrogens with one attached hydrogen (secondary N) is 1. The van der Waals surface area contributed by atoms with E-state index < -0.39 is 0 Å². The van der Waals surface area contributed by atoms with E-state index in [9.17, 15) is 4.79 Å². The van der Waals surface area contributed by atoms with Gasteiger partial charge >= 0.3 is 0 Å². The average molecular weight is 206 g/mol. The molecule has 1 aliphatic rings. The van der Waals surface area contributed by atoms with Crippen molar-refractivity contribution in [3.8, 4) is 0 Å². The van der Waals surface area contributed by atoms with E-state index in [4.69, 9.17) is 5.11 Å². The zero-order valence-electron chi connectivity index (χ0n) is 8.39. The molecule has 4 heteroatoms. The van der Waals surface area contributed by atoms with Crippen LogP contribution in [0.15, 0.2) is 30.3 Å². The second-order valence-corrected chi connectivity index (χ2v) is 3.76. The van der Waals surface area contributed by atoms with Crippen LogP contribution in [0.2, 0.25) is 0 Å². The second kappa shape index (κ2) is 4.42. The van der Waals surface area contributed by atoms with Gasteiger partial charge in [-0.1, -0.05) is 18.2 Å². The fraction of sp³-hybridized carbons (Fsp3) is 0.364. The second-order valence-electron chi connectivity index (χ2n) is 3.76. The van der Waals surface area contributed by atoms with E-state index in [-0.39, 0.29) is 12.0 Å². The number of para-hydroxylation sites is 1. The minimum Gasteiger partial charge on any atom is -0.390 e. The molecule has 0 aliphatic carbocycles. The Balaban J connectivity index is 1.78. The molecule has 0 radical (unpaired) electrons. The molecule has 2 N–H and O–H groups in total. The number of anilines is 1. The third-order valence-corrected chi connectivity index (χ3v) is 2.36. The van der Waals surface area contributed by atoms with Crippen LogP contribution in [-0.2, 0) is 4.79 Å². The van der Waals surface area contributed by atoms with E-state index in [0.29, 0.717) is 19.6 Å². The minimum atomic E-state index is -0.255. The quantitative estimate of drug-likeness (QED) is 0.748. The summed E-state index contributed by atoms with van der Waals surface area (Å²) < 4.78 is 0. The van der Waals surface area contributed by atoms with Crippen molar-refractivity contribution < 1.29 is 9.90 Å². The van der Waals surface area contributed by atoms with Crippen LogP contribution in [0.5, 0.6) is 0 Å². The first-order valence-electron chi connectivity index (χ1n) is 4.99. The van der Waals surface area contributed by atoms with E-state index in [1.54, 1.807) is 0 Å². The topological polar surface area (TPSA) is 52.6 Å². The van der Waals surface area contributed by atoms with E-state index in [0.717, 1.165) is 5.69 Å². The van der Waals surface area contributed by atoms with Crippen LogP contribution < -0.4 is 5.32 Å². The predicted molar refractivity (Wildman–Crippen MR) is 57.5 cm³/mol. The van der Waals surface area contributed by atoms with Crippen LogP contribution in [-0.4, -0.2) is 41.7 Å². The Morgan fingerprint density at radius 2 is 2.07 bits per heavy atom. The Labute approximate surface area is 88.5 Å². The van der Waals surface area contributed by atoms with Crippen molar-refractivity contribution in [2.75, 3.05) is 25.0 Å². The highest BCUT2D eigenvalue weighted by molar-refractivity contribution is 5.92. The number of β-amino-alcohol motifs (C(OH)–C–C–N with tert-alkyl or cyclic N) is 1. The first-order valence-corrected chi connectivity index (χ1v) is 4.99. The molecule has 1 aromatic carbocycles. The summed E-state index contributed by atoms with van der Waals surface area (Å²) in [7, 11) is 0. The number of benzene rings is 1. The maximum atomic E-state index is 11.5. The molecule has 1 heterocycles. The van der Waals surface area contributed by atoms with Gasteiger partial charge in [0.25, 0.3) is 0 Å². The van der Waals surface area contributed by atoms with E-state index in [2.05, 4.69) is 5.32 Å². The maximum Gasteiger partial charge on any atom is 0.238 e. The molecule has 15 heavy (non-hydrogen) atoms. The van der Waals surface area contributed by atoms with Crippen molar-refractivity contribution in [3.63, 3.8) is 0 Å². The Hall–Kier alpha value is -1.39. The number of carbonyl (C=O) groups excluding carboxylic acids is 1. The molecule has 0 unspecified atom stereocenters. The molecule has 1 amide bonds. The van der Waals surface area contributed by atoms with E-state index in [1.165, 1.54) is 0 Å². The van der Waals surface area contributed by atoms with Crippen LogP contribution >= 0.6 is 0 Å². The Morgan fingerprint density at radius 1 is 1.40 bits per heavy atom. The number of nitrogens with zero attached hydrogens (tertiary/aromatic N) is 1. The largest absolute Gasteiger partial charge is 0.390 e. The van der Waals surface area contributed by atoms with Crippen LogP contribution in [0.25, 0.3) is 0 Å². The number of likely N-dealkylation sites (tertiary alicyclic amines) is 1. The van der Waals surface area contributed by atoms with Gasteiger partial charge in [0.1, 0.15) is 0 Å². The maximum absolute atomic E-state index is 11.5. The predicted octanol–water partition coefficient (Wildman–Crippen LogP) is 0.302. The molecular formula is C11H14N2O2. The van der Waals surface area contributed by atoms with Gasteiger partial charge in [0.05, 0.1) is 12.6 Å². The van der Waals surface area contributed by atoms with Crippen molar-refractivity contribution >= 4 is 11.6 Å². The number of aliphatic hydroxyl groups is 1. The molecule has 0 saturated carbocycles. The summed E-state index contributed by atoms with van der Waals surface area (Å²) in [6.45, 7) is 1.55. The average Bonchev–Trinajstić information content (AvgIpc) is 2.17. The first kappa shape index (κ1) is 10.1. The van der Waals surface area contributed by atoms with Gasteiger partial charge in [-0.05, 0) is 12.1 Å². The molecule has 2 rings (SSSR count). The van der Waals surface area contributed by atoms with Crippen molar-refractivity contribution in [3.05, 3.63) is 30.3 Å². The molecule has 1 aromatic rings. The minimum absolute atomic E-state index is 0.0342. The molecule has 1 saturated heterocycles. The van der Waals surface area contributed by atoms with E-state index >= 15 is 0 Å². The third-order valence-electron chi connectivity index (χ3n) is 2.36. The summed E-state index contributed by atoms with van der Waals surface area (Å²) in [5.41, 5.74) is 0.809. The lowest BCUT2D eigenvalue weighted by Gasteiger charge is -2.34. The summed E-state index contributed by atoms with van der Waals surface area (Å²) >= 11 is 0. The highest BCUT2D eigenvalue weighted by atomic mass is 16.3. The number of carbonyl (C=O) groups is 1. The van der Waals surface area contributed by atoms with Gasteiger partial charge in [-0.15, -0.1) is 0 Å². The van der Waals surface area contributed by atoms with E-state index in [1.807, 2.05) is 35.2 Å². The van der Waals surface area contributed by atoms with Gasteiger partial charge in [0.2, 0.25) is 5.91 Å². The third kappa shape index (κ3) is 2.78. The zero-order valence-corrected chi connectivity index (χ0v) is 8.39. The monoisotopic (exact) mass is 206 g/mol. The van der Waals surface area contributed by atoms with Crippen molar-refractivity contribution in [1.82, 2.24) is 4.90 Å². The van der Waals surface area contributed by atoms with Gasteiger partial charge in [0, 0.05) is 18.8 Å². The molecular weight excluding hydrogens is 192 g/mol. The normalized spacial score (nSPS) is 17.1. The standard InChI is InChI=1S/C11H14N2O2/c14-10-6-13(7-10)8-11(15)12-9-4-2-1-3-5-9/h1-5,10,14H,6-8H2,(H,12,15). The highest BCUT2D eigenvalue weighted by Gasteiger charge is 2.25. The number of rotatable bonds is 3. The highest BCUT2D eigenvalue weighted by Crippen LogP contribution is 2.08. The smallest absolute Gasteiger partial charge is 0.238 e. The number of aliphatic hydroxyl groups excluding tert-OH is 1. The number of hydrogen-bond donors (Lipinski definition) is 2. The van der Waals surface area contributed by atoms with Crippen molar-refractivity contribution in [1.29, 1.82) is 0 Å². The molecule has 0 aromatic heterocycles.